The Morgan fingerprint density at radius 2 is 1.91 bits per heavy atom. The number of piperidine rings is 1. The van der Waals surface area contributed by atoms with Crippen LogP contribution in [0.5, 0.6) is 0 Å². The molecule has 1 atom stereocenters. The third-order valence-electron chi connectivity index (χ3n) is 3.80. The van der Waals surface area contributed by atoms with E-state index in [1.54, 1.807) is 11.7 Å². The van der Waals surface area contributed by atoms with Gasteiger partial charge in [-0.25, -0.2) is 4.68 Å². The van der Waals surface area contributed by atoms with E-state index in [1.807, 2.05) is 35.2 Å². The lowest BCUT2D eigenvalue weighted by molar-refractivity contribution is -0.131. The lowest BCUT2D eigenvalue weighted by atomic mass is 10.1. The van der Waals surface area contributed by atoms with Gasteiger partial charge < -0.3 is 4.90 Å². The Morgan fingerprint density at radius 3 is 2.55 bits per heavy atom. The summed E-state index contributed by atoms with van der Waals surface area (Å²) in [6.45, 7) is 1.69. The van der Waals surface area contributed by atoms with Crippen LogP contribution in [0.2, 0.25) is 0 Å². The molecule has 1 fully saturated rings. The first kappa shape index (κ1) is 15.0. The highest BCUT2D eigenvalue weighted by molar-refractivity contribution is 8.00. The Hall–Kier alpha value is -1.89. The number of carbonyl (C=O) groups excluding carboxylic acids is 1. The van der Waals surface area contributed by atoms with Crippen molar-refractivity contribution in [2.24, 2.45) is 7.05 Å². The van der Waals surface area contributed by atoms with Gasteiger partial charge in [-0.3, -0.25) is 4.79 Å². The number of likely N-dealkylation sites (tertiary alicyclic amines) is 1. The van der Waals surface area contributed by atoms with E-state index in [4.69, 9.17) is 0 Å². The molecule has 1 aromatic carbocycles. The molecule has 22 heavy (non-hydrogen) atoms. The lowest BCUT2D eigenvalue weighted by Crippen LogP contribution is -2.38. The third-order valence-corrected chi connectivity index (χ3v) is 5.07. The quantitative estimate of drug-likeness (QED) is 0.808. The van der Waals surface area contributed by atoms with E-state index < -0.39 is 0 Å². The van der Waals surface area contributed by atoms with Gasteiger partial charge in [0.2, 0.25) is 11.1 Å². The van der Waals surface area contributed by atoms with Crippen molar-refractivity contribution in [3.05, 3.63) is 35.9 Å². The number of hydrogen-bond donors (Lipinski definition) is 0. The predicted molar refractivity (Wildman–Crippen MR) is 84.3 cm³/mol. The molecule has 2 aromatic rings. The van der Waals surface area contributed by atoms with Gasteiger partial charge >= 0.3 is 0 Å². The van der Waals surface area contributed by atoms with Gasteiger partial charge in [0.15, 0.2) is 0 Å². The Balaban J connectivity index is 1.85. The number of aryl methyl sites for hydroxylation is 1. The van der Waals surface area contributed by atoms with Crippen LogP contribution in [0, 0.1) is 0 Å². The molecule has 0 N–H and O–H groups in total. The summed E-state index contributed by atoms with van der Waals surface area (Å²) in [7, 11) is 1.79. The zero-order valence-electron chi connectivity index (χ0n) is 12.6. The molecule has 0 radical (unpaired) electrons. The van der Waals surface area contributed by atoms with Crippen molar-refractivity contribution in [2.45, 2.75) is 29.7 Å². The SMILES string of the molecule is Cn1nnnc1SC(C(=O)N1CCCCC1)c1ccccc1. The van der Waals surface area contributed by atoms with Crippen LogP contribution in [0.3, 0.4) is 0 Å². The fourth-order valence-corrected chi connectivity index (χ4v) is 3.62. The number of aromatic nitrogens is 4. The Kier molecular flexibility index (Phi) is 4.72. The van der Waals surface area contributed by atoms with E-state index in [9.17, 15) is 4.79 Å². The molecule has 7 heteroatoms. The highest BCUT2D eigenvalue weighted by atomic mass is 32.2. The molecule has 0 aliphatic carbocycles. The maximum atomic E-state index is 13.0. The monoisotopic (exact) mass is 317 g/mol. The maximum absolute atomic E-state index is 13.0. The number of benzene rings is 1. The van der Waals surface area contributed by atoms with Crippen molar-refractivity contribution >= 4 is 17.7 Å². The zero-order chi connectivity index (χ0) is 15.4. The number of tetrazole rings is 1. The average Bonchev–Trinajstić information content (AvgIpc) is 2.98. The van der Waals surface area contributed by atoms with Crippen LogP contribution in [0.4, 0.5) is 0 Å². The van der Waals surface area contributed by atoms with Gasteiger partial charge in [0, 0.05) is 20.1 Å². The number of carbonyl (C=O) groups is 1. The molecule has 1 amide bonds. The summed E-state index contributed by atoms with van der Waals surface area (Å²) in [5.41, 5.74) is 0.992. The van der Waals surface area contributed by atoms with Gasteiger partial charge in [-0.15, -0.1) is 5.10 Å². The average molecular weight is 317 g/mol. The van der Waals surface area contributed by atoms with Crippen molar-refractivity contribution in [1.29, 1.82) is 0 Å². The van der Waals surface area contributed by atoms with Crippen LogP contribution in [-0.2, 0) is 11.8 Å². The first-order chi connectivity index (χ1) is 10.8. The fraction of sp³-hybridized carbons (Fsp3) is 0.467. The molecular weight excluding hydrogens is 298 g/mol. The first-order valence-electron chi connectivity index (χ1n) is 7.48. The Morgan fingerprint density at radius 1 is 1.18 bits per heavy atom. The molecule has 1 aromatic heterocycles. The highest BCUT2D eigenvalue weighted by Gasteiger charge is 2.29. The summed E-state index contributed by atoms with van der Waals surface area (Å²) in [4.78, 5) is 14.9. The van der Waals surface area contributed by atoms with Crippen molar-refractivity contribution in [1.82, 2.24) is 25.1 Å². The molecule has 6 nitrogen and oxygen atoms in total. The molecule has 0 bridgehead atoms. The van der Waals surface area contributed by atoms with E-state index in [0.717, 1.165) is 31.5 Å². The van der Waals surface area contributed by atoms with Gasteiger partial charge in [-0.05, 0) is 35.3 Å². The standard InChI is InChI=1S/C15H19N5OS/c1-19-15(16-17-18-19)22-13(12-8-4-2-5-9-12)14(21)20-10-6-3-7-11-20/h2,4-5,8-9,13H,3,6-7,10-11H2,1H3. The summed E-state index contributed by atoms with van der Waals surface area (Å²) in [6, 6.07) is 9.86. The molecular formula is C15H19N5OS. The molecule has 3 rings (SSSR count). The number of thioether (sulfide) groups is 1. The van der Waals surface area contributed by atoms with E-state index in [-0.39, 0.29) is 11.2 Å². The van der Waals surface area contributed by atoms with Gasteiger partial charge in [0.1, 0.15) is 5.25 Å². The third kappa shape index (κ3) is 3.30. The minimum Gasteiger partial charge on any atom is -0.341 e. The maximum Gasteiger partial charge on any atom is 0.240 e. The normalized spacial score (nSPS) is 16.5. The Bertz CT molecular complexity index is 624. The molecule has 1 unspecified atom stereocenters. The van der Waals surface area contributed by atoms with Crippen molar-refractivity contribution < 1.29 is 4.79 Å². The van der Waals surface area contributed by atoms with Crippen LogP contribution in [0.15, 0.2) is 35.5 Å². The summed E-state index contributed by atoms with van der Waals surface area (Å²) < 4.78 is 1.60. The van der Waals surface area contributed by atoms with Crippen molar-refractivity contribution in [2.75, 3.05) is 13.1 Å². The van der Waals surface area contributed by atoms with Crippen LogP contribution >= 0.6 is 11.8 Å². The number of nitrogens with zero attached hydrogens (tertiary/aromatic N) is 5. The van der Waals surface area contributed by atoms with E-state index in [0.29, 0.717) is 5.16 Å². The zero-order valence-corrected chi connectivity index (χ0v) is 13.4. The van der Waals surface area contributed by atoms with E-state index in [2.05, 4.69) is 15.5 Å². The van der Waals surface area contributed by atoms with Gasteiger partial charge in [-0.1, -0.05) is 42.1 Å². The highest BCUT2D eigenvalue weighted by Crippen LogP contribution is 2.35. The van der Waals surface area contributed by atoms with Gasteiger partial charge in [-0.2, -0.15) is 0 Å². The summed E-state index contributed by atoms with van der Waals surface area (Å²) in [5.74, 6) is 0.152. The molecule has 1 saturated heterocycles. The number of rotatable bonds is 4. The first-order valence-corrected chi connectivity index (χ1v) is 8.36. The lowest BCUT2D eigenvalue weighted by Gasteiger charge is -2.30. The van der Waals surface area contributed by atoms with Crippen LogP contribution < -0.4 is 0 Å². The number of hydrogen-bond acceptors (Lipinski definition) is 5. The molecule has 1 aliphatic heterocycles. The largest absolute Gasteiger partial charge is 0.341 e. The minimum atomic E-state index is -0.302. The smallest absolute Gasteiger partial charge is 0.240 e. The predicted octanol–water partition coefficient (Wildman–Crippen LogP) is 2.06. The fourth-order valence-electron chi connectivity index (χ4n) is 2.60. The molecule has 2 heterocycles. The Labute approximate surface area is 133 Å². The summed E-state index contributed by atoms with van der Waals surface area (Å²) in [5, 5.41) is 11.9. The van der Waals surface area contributed by atoms with Crippen molar-refractivity contribution in [3.8, 4) is 0 Å². The van der Waals surface area contributed by atoms with Gasteiger partial charge in [0.05, 0.1) is 0 Å². The molecule has 116 valence electrons. The van der Waals surface area contributed by atoms with E-state index >= 15 is 0 Å². The van der Waals surface area contributed by atoms with Gasteiger partial charge in [0.25, 0.3) is 0 Å². The molecule has 1 aliphatic rings. The number of amides is 1. The molecule has 0 spiro atoms. The summed E-state index contributed by atoms with van der Waals surface area (Å²) in [6.07, 6.45) is 3.38. The van der Waals surface area contributed by atoms with E-state index in [1.165, 1.54) is 18.2 Å². The van der Waals surface area contributed by atoms with Crippen LogP contribution in [-0.4, -0.2) is 44.1 Å². The van der Waals surface area contributed by atoms with Crippen LogP contribution in [0.25, 0.3) is 0 Å². The summed E-state index contributed by atoms with van der Waals surface area (Å²) >= 11 is 1.41. The second kappa shape index (κ2) is 6.91. The van der Waals surface area contributed by atoms with Crippen LogP contribution in [0.1, 0.15) is 30.1 Å². The topological polar surface area (TPSA) is 63.9 Å². The molecule has 0 saturated carbocycles. The van der Waals surface area contributed by atoms with Crippen molar-refractivity contribution in [3.63, 3.8) is 0 Å². The minimum absolute atomic E-state index is 0.152. The second-order valence-electron chi connectivity index (χ2n) is 5.38. The second-order valence-corrected chi connectivity index (χ2v) is 6.45.